The van der Waals surface area contributed by atoms with Crippen LogP contribution in [-0.4, -0.2) is 17.6 Å². The third-order valence-corrected chi connectivity index (χ3v) is 5.05. The van der Waals surface area contributed by atoms with Gasteiger partial charge in [-0.15, -0.1) is 11.3 Å². The van der Waals surface area contributed by atoms with Crippen LogP contribution in [0, 0.1) is 13.8 Å². The summed E-state index contributed by atoms with van der Waals surface area (Å²) in [6, 6.07) is 3.70. The number of aryl methyl sites for hydroxylation is 3. The van der Waals surface area contributed by atoms with Crippen molar-refractivity contribution in [3.8, 4) is 0 Å². The monoisotopic (exact) mass is 305 g/mol. The van der Waals surface area contributed by atoms with E-state index in [1.165, 1.54) is 4.88 Å². The van der Waals surface area contributed by atoms with Crippen LogP contribution in [0.5, 0.6) is 0 Å². The third-order valence-electron chi connectivity index (χ3n) is 4.07. The number of thiophene rings is 1. The molecular formula is C16H19NO3S. The molecule has 1 amide bonds. The summed E-state index contributed by atoms with van der Waals surface area (Å²) >= 11 is 1.68. The van der Waals surface area contributed by atoms with Gasteiger partial charge in [-0.1, -0.05) is 0 Å². The number of carbonyl (C=O) groups excluding carboxylic acids is 1. The fourth-order valence-electron chi connectivity index (χ4n) is 2.99. The normalized spacial score (nSPS) is 21.1. The van der Waals surface area contributed by atoms with Gasteiger partial charge in [-0.3, -0.25) is 4.79 Å². The number of hydrogen-bond acceptors (Lipinski definition) is 4. The van der Waals surface area contributed by atoms with Crippen molar-refractivity contribution >= 4 is 17.2 Å². The maximum absolute atomic E-state index is 12.2. The predicted octanol–water partition coefficient (Wildman–Crippen LogP) is 2.91. The molecule has 0 aromatic carbocycles. The molecule has 1 aliphatic carbocycles. The summed E-state index contributed by atoms with van der Waals surface area (Å²) in [4.78, 5) is 13.5. The molecule has 0 saturated heterocycles. The summed E-state index contributed by atoms with van der Waals surface area (Å²) in [6.45, 7) is 3.82. The molecule has 0 fully saturated rings. The van der Waals surface area contributed by atoms with Crippen molar-refractivity contribution < 1.29 is 14.3 Å². The minimum Gasteiger partial charge on any atom is -0.466 e. The number of hydrogen-bond donors (Lipinski definition) is 2. The number of amides is 1. The highest BCUT2D eigenvalue weighted by Crippen LogP contribution is 2.37. The molecule has 21 heavy (non-hydrogen) atoms. The fraction of sp³-hybridized carbons (Fsp3) is 0.438. The molecule has 112 valence electrons. The molecular weight excluding hydrogens is 286 g/mol. The first-order valence-corrected chi connectivity index (χ1v) is 8.02. The summed E-state index contributed by atoms with van der Waals surface area (Å²) in [5.41, 5.74) is 0.562. The molecule has 0 radical (unpaired) electrons. The lowest BCUT2D eigenvalue weighted by molar-refractivity contribution is 0.0197. The SMILES string of the molecule is Cc1cc(C(=O)NCC2(O)CCCc3sccc32)c(C)o1. The second-order valence-corrected chi connectivity index (χ2v) is 6.65. The molecule has 1 aliphatic rings. The van der Waals surface area contributed by atoms with E-state index >= 15 is 0 Å². The van der Waals surface area contributed by atoms with E-state index in [9.17, 15) is 9.90 Å². The maximum Gasteiger partial charge on any atom is 0.254 e. The van der Waals surface area contributed by atoms with Crippen LogP contribution >= 0.6 is 11.3 Å². The van der Waals surface area contributed by atoms with Crippen molar-refractivity contribution in [3.05, 3.63) is 45.0 Å². The summed E-state index contributed by atoms with van der Waals surface area (Å²) in [5.74, 6) is 1.13. The van der Waals surface area contributed by atoms with E-state index in [1.807, 2.05) is 18.4 Å². The first kappa shape index (κ1) is 14.4. The van der Waals surface area contributed by atoms with Crippen LogP contribution < -0.4 is 5.32 Å². The minimum atomic E-state index is -0.948. The van der Waals surface area contributed by atoms with E-state index in [0.717, 1.165) is 18.4 Å². The molecule has 2 aromatic heterocycles. The first-order valence-electron chi connectivity index (χ1n) is 7.14. The Hall–Kier alpha value is -1.59. The second kappa shape index (κ2) is 5.31. The molecule has 0 bridgehead atoms. The standard InChI is InChI=1S/C16H19NO3S/c1-10-8-12(11(2)20-10)15(18)17-9-16(19)6-3-4-14-13(16)5-7-21-14/h5,7-8,19H,3-4,6,9H2,1-2H3,(H,17,18). The smallest absolute Gasteiger partial charge is 0.254 e. The number of rotatable bonds is 3. The average molecular weight is 305 g/mol. The van der Waals surface area contributed by atoms with Crippen molar-refractivity contribution in [2.45, 2.75) is 38.7 Å². The Bertz CT molecular complexity index is 673. The number of nitrogens with one attached hydrogen (secondary N) is 1. The van der Waals surface area contributed by atoms with E-state index in [4.69, 9.17) is 4.42 Å². The van der Waals surface area contributed by atoms with Gasteiger partial charge in [0.05, 0.1) is 12.1 Å². The Labute approximate surface area is 127 Å². The molecule has 1 atom stereocenters. The van der Waals surface area contributed by atoms with Crippen LogP contribution in [0.25, 0.3) is 0 Å². The molecule has 4 nitrogen and oxygen atoms in total. The molecule has 2 aromatic rings. The zero-order chi connectivity index (χ0) is 15.0. The molecule has 1 unspecified atom stereocenters. The second-order valence-electron chi connectivity index (χ2n) is 5.65. The first-order chi connectivity index (χ1) is 9.99. The molecule has 2 heterocycles. The van der Waals surface area contributed by atoms with E-state index in [0.29, 0.717) is 23.5 Å². The molecule has 0 saturated carbocycles. The van der Waals surface area contributed by atoms with Crippen molar-refractivity contribution in [1.82, 2.24) is 5.32 Å². The molecule has 2 N–H and O–H groups in total. The Morgan fingerprint density at radius 3 is 3.05 bits per heavy atom. The Morgan fingerprint density at radius 2 is 2.33 bits per heavy atom. The van der Waals surface area contributed by atoms with E-state index < -0.39 is 5.60 Å². The third kappa shape index (κ3) is 2.63. The largest absolute Gasteiger partial charge is 0.466 e. The van der Waals surface area contributed by atoms with Crippen LogP contribution in [0.2, 0.25) is 0 Å². The summed E-state index contributed by atoms with van der Waals surface area (Å²) in [6.07, 6.45) is 2.65. The number of aliphatic hydroxyl groups is 1. The van der Waals surface area contributed by atoms with E-state index in [-0.39, 0.29) is 12.5 Å². The van der Waals surface area contributed by atoms with Crippen LogP contribution in [0.3, 0.4) is 0 Å². The Balaban J connectivity index is 1.74. The van der Waals surface area contributed by atoms with Gasteiger partial charge in [-0.2, -0.15) is 0 Å². The van der Waals surface area contributed by atoms with Gasteiger partial charge in [0.1, 0.15) is 17.1 Å². The lowest BCUT2D eigenvalue weighted by atomic mass is 9.83. The molecule has 3 rings (SSSR count). The number of carbonyl (C=O) groups is 1. The molecule has 5 heteroatoms. The predicted molar refractivity (Wildman–Crippen MR) is 81.7 cm³/mol. The highest BCUT2D eigenvalue weighted by atomic mass is 32.1. The van der Waals surface area contributed by atoms with Gasteiger partial charge in [-0.05, 0) is 56.2 Å². The van der Waals surface area contributed by atoms with Gasteiger partial charge in [-0.25, -0.2) is 0 Å². The highest BCUT2D eigenvalue weighted by Gasteiger charge is 2.35. The van der Waals surface area contributed by atoms with Crippen molar-refractivity contribution in [1.29, 1.82) is 0 Å². The number of furan rings is 1. The zero-order valence-electron chi connectivity index (χ0n) is 12.2. The van der Waals surface area contributed by atoms with Crippen LogP contribution in [0.4, 0.5) is 0 Å². The average Bonchev–Trinajstić information content (AvgIpc) is 3.04. The summed E-state index contributed by atoms with van der Waals surface area (Å²) < 4.78 is 5.37. The van der Waals surface area contributed by atoms with Gasteiger partial charge in [0.25, 0.3) is 5.91 Å². The molecule has 0 spiro atoms. The van der Waals surface area contributed by atoms with Crippen LogP contribution in [0.15, 0.2) is 21.9 Å². The lowest BCUT2D eigenvalue weighted by Crippen LogP contribution is -2.42. The van der Waals surface area contributed by atoms with E-state index in [2.05, 4.69) is 5.32 Å². The summed E-state index contributed by atoms with van der Waals surface area (Å²) in [5, 5.41) is 15.7. The topological polar surface area (TPSA) is 62.5 Å². The molecule has 0 aliphatic heterocycles. The minimum absolute atomic E-state index is 0.194. The van der Waals surface area contributed by atoms with Crippen LogP contribution in [-0.2, 0) is 12.0 Å². The van der Waals surface area contributed by atoms with Crippen LogP contribution in [0.1, 0.15) is 45.2 Å². The Kier molecular flexibility index (Phi) is 3.63. The van der Waals surface area contributed by atoms with Gasteiger partial charge >= 0.3 is 0 Å². The number of fused-ring (bicyclic) bond motifs is 1. The Morgan fingerprint density at radius 1 is 1.52 bits per heavy atom. The maximum atomic E-state index is 12.2. The van der Waals surface area contributed by atoms with Crippen molar-refractivity contribution in [2.24, 2.45) is 0 Å². The van der Waals surface area contributed by atoms with Gasteiger partial charge in [0.15, 0.2) is 0 Å². The van der Waals surface area contributed by atoms with Crippen molar-refractivity contribution in [3.63, 3.8) is 0 Å². The quantitative estimate of drug-likeness (QED) is 0.916. The van der Waals surface area contributed by atoms with Gasteiger partial charge in [0, 0.05) is 4.88 Å². The summed E-state index contributed by atoms with van der Waals surface area (Å²) in [7, 11) is 0. The van der Waals surface area contributed by atoms with Gasteiger partial charge in [0.2, 0.25) is 0 Å². The highest BCUT2D eigenvalue weighted by molar-refractivity contribution is 7.10. The lowest BCUT2D eigenvalue weighted by Gasteiger charge is -2.32. The zero-order valence-corrected chi connectivity index (χ0v) is 13.0. The van der Waals surface area contributed by atoms with Gasteiger partial charge < -0.3 is 14.8 Å². The fourth-order valence-corrected chi connectivity index (χ4v) is 4.00. The van der Waals surface area contributed by atoms with Crippen molar-refractivity contribution in [2.75, 3.05) is 6.54 Å². The van der Waals surface area contributed by atoms with E-state index in [1.54, 1.807) is 24.3 Å².